The van der Waals surface area contributed by atoms with Gasteiger partial charge in [-0.2, -0.15) is 0 Å². The molecule has 5 rings (SSSR count). The molecule has 0 spiro atoms. The first-order valence-corrected chi connectivity index (χ1v) is 10.0. The number of pyridine rings is 1. The summed E-state index contributed by atoms with van der Waals surface area (Å²) < 4.78 is 7.62. The Balaban J connectivity index is 1.43. The number of amides is 1. The standard InChI is InChI=1S/C19H21N5O2S/c1-23-13-5-12(6-14(23)10-26-9-13)22-19(25)16-8-24(17-7-20-11-27-17)18-15(16)3-2-4-21-18/h2-4,7-8,11-14H,5-6,9-10H2,1H3,(H,22,25)/t12?,13-,14+. The Labute approximate surface area is 161 Å². The van der Waals surface area contributed by atoms with Crippen LogP contribution >= 0.6 is 11.3 Å². The fraction of sp³-hybridized carbons (Fsp3) is 0.421. The SMILES string of the molecule is CN1[C@@H]2COC[C@H]1CC(NC(=O)c1cn(-c3cncs3)c3ncccc13)C2. The van der Waals surface area contributed by atoms with Gasteiger partial charge in [-0.3, -0.25) is 19.2 Å². The van der Waals surface area contributed by atoms with E-state index in [1.165, 1.54) is 11.3 Å². The van der Waals surface area contributed by atoms with Gasteiger partial charge in [-0.05, 0) is 32.0 Å². The summed E-state index contributed by atoms with van der Waals surface area (Å²) in [5.41, 5.74) is 3.22. The van der Waals surface area contributed by atoms with Crippen LogP contribution in [0.3, 0.4) is 0 Å². The van der Waals surface area contributed by atoms with Crippen LogP contribution in [0, 0.1) is 0 Å². The number of thiazole rings is 1. The van der Waals surface area contributed by atoms with Crippen LogP contribution in [0.2, 0.25) is 0 Å². The number of nitrogens with one attached hydrogen (secondary N) is 1. The number of hydrogen-bond donors (Lipinski definition) is 1. The molecule has 2 bridgehead atoms. The first kappa shape index (κ1) is 16.9. The molecule has 2 fully saturated rings. The van der Waals surface area contributed by atoms with Crippen LogP contribution in [0.15, 0.2) is 36.2 Å². The van der Waals surface area contributed by atoms with Crippen LogP contribution in [-0.4, -0.2) is 63.7 Å². The summed E-state index contributed by atoms with van der Waals surface area (Å²) in [7, 11) is 2.16. The number of aromatic nitrogens is 3. The van der Waals surface area contributed by atoms with Crippen molar-refractivity contribution in [3.05, 3.63) is 41.8 Å². The molecule has 1 N–H and O–H groups in total. The first-order valence-electron chi connectivity index (χ1n) is 9.16. The molecular formula is C19H21N5O2S. The number of carbonyl (C=O) groups excluding carboxylic acids is 1. The van der Waals surface area contributed by atoms with Crippen molar-refractivity contribution in [3.63, 3.8) is 0 Å². The van der Waals surface area contributed by atoms with Gasteiger partial charge in [0.15, 0.2) is 0 Å². The second-order valence-corrected chi connectivity index (χ2v) is 8.14. The summed E-state index contributed by atoms with van der Waals surface area (Å²) in [5, 5.41) is 5.07. The average Bonchev–Trinajstić information content (AvgIpc) is 3.30. The maximum absolute atomic E-state index is 13.1. The fourth-order valence-electron chi connectivity index (χ4n) is 4.21. The molecule has 0 aromatic carbocycles. The normalized spacial score (nSPS) is 25.6. The van der Waals surface area contributed by atoms with Crippen molar-refractivity contribution in [2.45, 2.75) is 31.0 Å². The monoisotopic (exact) mass is 383 g/mol. The van der Waals surface area contributed by atoms with E-state index in [-0.39, 0.29) is 11.9 Å². The molecule has 1 unspecified atom stereocenters. The van der Waals surface area contributed by atoms with Crippen LogP contribution in [0.25, 0.3) is 16.0 Å². The van der Waals surface area contributed by atoms with E-state index in [2.05, 4.69) is 27.2 Å². The predicted molar refractivity (Wildman–Crippen MR) is 103 cm³/mol. The number of hydrogen-bond acceptors (Lipinski definition) is 6. The molecule has 3 aromatic heterocycles. The number of piperidine rings is 1. The van der Waals surface area contributed by atoms with Gasteiger partial charge in [0.05, 0.1) is 30.5 Å². The third-order valence-electron chi connectivity index (χ3n) is 5.69. The minimum Gasteiger partial charge on any atom is -0.378 e. The van der Waals surface area contributed by atoms with Crippen LogP contribution in [0.5, 0.6) is 0 Å². The summed E-state index contributed by atoms with van der Waals surface area (Å²) in [6.07, 6.45) is 7.26. The molecule has 140 valence electrons. The molecule has 7 nitrogen and oxygen atoms in total. The quantitative estimate of drug-likeness (QED) is 0.750. The van der Waals surface area contributed by atoms with Gasteiger partial charge in [-0.25, -0.2) is 4.98 Å². The van der Waals surface area contributed by atoms with E-state index in [0.717, 1.165) is 42.1 Å². The lowest BCUT2D eigenvalue weighted by molar-refractivity contribution is -0.0670. The van der Waals surface area contributed by atoms with Crippen molar-refractivity contribution in [1.29, 1.82) is 0 Å². The van der Waals surface area contributed by atoms with Gasteiger partial charge in [0.1, 0.15) is 10.6 Å². The molecular weight excluding hydrogens is 362 g/mol. The van der Waals surface area contributed by atoms with Crippen LogP contribution in [0.1, 0.15) is 23.2 Å². The van der Waals surface area contributed by atoms with Crippen molar-refractivity contribution in [2.75, 3.05) is 20.3 Å². The lowest BCUT2D eigenvalue weighted by Gasteiger charge is -2.46. The third kappa shape index (κ3) is 2.93. The van der Waals surface area contributed by atoms with Gasteiger partial charge in [0.25, 0.3) is 5.91 Å². The molecule has 0 saturated carbocycles. The maximum Gasteiger partial charge on any atom is 0.253 e. The molecule has 5 heterocycles. The van der Waals surface area contributed by atoms with Crippen molar-refractivity contribution in [1.82, 2.24) is 24.8 Å². The highest BCUT2D eigenvalue weighted by Gasteiger charge is 2.37. The number of morpholine rings is 1. The van der Waals surface area contributed by atoms with Gasteiger partial charge in [-0.1, -0.05) is 0 Å². The molecule has 27 heavy (non-hydrogen) atoms. The number of nitrogens with zero attached hydrogens (tertiary/aromatic N) is 4. The van der Waals surface area contributed by atoms with Gasteiger partial charge >= 0.3 is 0 Å². The van der Waals surface area contributed by atoms with Gasteiger partial charge in [-0.15, -0.1) is 11.3 Å². The number of fused-ring (bicyclic) bond motifs is 3. The summed E-state index contributed by atoms with van der Waals surface area (Å²) in [6.45, 7) is 1.49. The number of ether oxygens (including phenoxy) is 1. The van der Waals surface area contributed by atoms with E-state index in [9.17, 15) is 4.79 Å². The Hall–Kier alpha value is -2.29. The number of likely N-dealkylation sites (N-methyl/N-ethyl adjacent to an activating group) is 1. The highest BCUT2D eigenvalue weighted by Crippen LogP contribution is 2.28. The van der Waals surface area contributed by atoms with Crippen LogP contribution < -0.4 is 5.32 Å². The highest BCUT2D eigenvalue weighted by atomic mass is 32.1. The van der Waals surface area contributed by atoms with Crippen molar-refractivity contribution in [2.24, 2.45) is 0 Å². The van der Waals surface area contributed by atoms with E-state index in [1.54, 1.807) is 17.9 Å². The van der Waals surface area contributed by atoms with E-state index >= 15 is 0 Å². The summed E-state index contributed by atoms with van der Waals surface area (Å²) in [5.74, 6) is -0.0372. The lowest BCUT2D eigenvalue weighted by atomic mass is 9.90. The fourth-order valence-corrected chi connectivity index (χ4v) is 4.82. The van der Waals surface area contributed by atoms with Crippen molar-refractivity contribution < 1.29 is 9.53 Å². The number of carbonyl (C=O) groups is 1. The Morgan fingerprint density at radius 1 is 1.33 bits per heavy atom. The molecule has 1 amide bonds. The molecule has 0 radical (unpaired) electrons. The molecule has 2 saturated heterocycles. The van der Waals surface area contributed by atoms with Crippen molar-refractivity contribution >= 4 is 28.3 Å². The van der Waals surface area contributed by atoms with E-state index in [0.29, 0.717) is 17.6 Å². The summed E-state index contributed by atoms with van der Waals surface area (Å²) in [4.78, 5) is 24.1. The Morgan fingerprint density at radius 3 is 2.89 bits per heavy atom. The van der Waals surface area contributed by atoms with E-state index in [1.807, 2.05) is 22.9 Å². The smallest absolute Gasteiger partial charge is 0.253 e. The van der Waals surface area contributed by atoms with Crippen LogP contribution in [-0.2, 0) is 4.74 Å². The first-order chi connectivity index (χ1) is 13.2. The van der Waals surface area contributed by atoms with Crippen LogP contribution in [0.4, 0.5) is 0 Å². The largest absolute Gasteiger partial charge is 0.378 e. The van der Waals surface area contributed by atoms with Gasteiger partial charge < -0.3 is 10.1 Å². The lowest BCUT2D eigenvalue weighted by Crippen LogP contribution is -2.59. The maximum atomic E-state index is 13.1. The minimum absolute atomic E-state index is 0.0372. The summed E-state index contributed by atoms with van der Waals surface area (Å²) >= 11 is 1.52. The van der Waals surface area contributed by atoms with Gasteiger partial charge in [0.2, 0.25) is 0 Å². The van der Waals surface area contributed by atoms with E-state index < -0.39 is 0 Å². The Morgan fingerprint density at radius 2 is 2.15 bits per heavy atom. The topological polar surface area (TPSA) is 72.3 Å². The molecule has 8 heteroatoms. The minimum atomic E-state index is -0.0372. The average molecular weight is 383 g/mol. The van der Waals surface area contributed by atoms with Gasteiger partial charge in [0, 0.05) is 35.9 Å². The molecule has 3 atom stereocenters. The second kappa shape index (κ2) is 6.70. The zero-order chi connectivity index (χ0) is 18.4. The van der Waals surface area contributed by atoms with E-state index in [4.69, 9.17) is 4.74 Å². The third-order valence-corrected chi connectivity index (χ3v) is 6.46. The molecule has 2 aliphatic heterocycles. The second-order valence-electron chi connectivity index (χ2n) is 7.28. The predicted octanol–water partition coefficient (Wildman–Crippen LogP) is 2.07. The molecule has 2 aliphatic rings. The highest BCUT2D eigenvalue weighted by molar-refractivity contribution is 7.12. The Kier molecular flexibility index (Phi) is 4.18. The molecule has 3 aromatic rings. The number of rotatable bonds is 3. The Bertz CT molecular complexity index is 956. The zero-order valence-electron chi connectivity index (χ0n) is 15.0. The molecule has 0 aliphatic carbocycles. The van der Waals surface area contributed by atoms with Crippen molar-refractivity contribution in [3.8, 4) is 5.00 Å². The zero-order valence-corrected chi connectivity index (χ0v) is 15.9. The summed E-state index contributed by atoms with van der Waals surface area (Å²) in [6, 6.07) is 4.75.